The summed E-state index contributed by atoms with van der Waals surface area (Å²) in [6.45, 7) is 19.5. The Morgan fingerprint density at radius 1 is 0.300 bits per heavy atom. The highest BCUT2D eigenvalue weighted by Crippen LogP contribution is 2.09. The van der Waals surface area contributed by atoms with Crippen LogP contribution in [-0.4, -0.2) is 0 Å². The molecule has 0 aromatic heterocycles. The van der Waals surface area contributed by atoms with Crippen LogP contribution in [0.5, 0.6) is 0 Å². The highest BCUT2D eigenvalue weighted by molar-refractivity contribution is 4.88. The van der Waals surface area contributed by atoms with E-state index in [4.69, 9.17) is 0 Å². The van der Waals surface area contributed by atoms with Crippen LogP contribution in [-0.2, 0) is 0 Å². The molecular formula is C30H60. The lowest BCUT2D eigenvalue weighted by Gasteiger charge is -1.97. The Kier molecular flexibility index (Phi) is 34.3. The molecule has 0 heteroatoms. The largest absolute Gasteiger partial charge is 0.0885 e. The van der Waals surface area contributed by atoms with Gasteiger partial charge in [-0.1, -0.05) is 105 Å². The Morgan fingerprint density at radius 3 is 0.633 bits per heavy atom. The monoisotopic (exact) mass is 420 g/mol. The second-order valence-corrected chi connectivity index (χ2v) is 10.5. The molecule has 30 heavy (non-hydrogen) atoms. The molecule has 3 aliphatic carbocycles. The lowest BCUT2D eigenvalue weighted by molar-refractivity contribution is 0.718. The Labute approximate surface area is 193 Å². The molecule has 0 spiro atoms. The van der Waals surface area contributed by atoms with E-state index in [9.17, 15) is 0 Å². The van der Waals surface area contributed by atoms with Crippen LogP contribution in [0.2, 0.25) is 0 Å². The second-order valence-electron chi connectivity index (χ2n) is 10.5. The van der Waals surface area contributed by atoms with E-state index < -0.39 is 0 Å². The van der Waals surface area contributed by atoms with Crippen molar-refractivity contribution >= 4 is 0 Å². The van der Waals surface area contributed by atoms with E-state index in [0.717, 1.165) is 17.8 Å². The van der Waals surface area contributed by atoms with Gasteiger partial charge in [-0.25, -0.2) is 0 Å². The normalized spacial score (nSPS) is 16.4. The van der Waals surface area contributed by atoms with E-state index in [1.165, 1.54) is 77.0 Å². The van der Waals surface area contributed by atoms with Crippen LogP contribution < -0.4 is 0 Å². The summed E-state index contributed by atoms with van der Waals surface area (Å²) < 4.78 is 0. The zero-order valence-electron chi connectivity index (χ0n) is 22.7. The molecule has 0 N–H and O–H groups in total. The van der Waals surface area contributed by atoms with Crippen LogP contribution >= 0.6 is 0 Å². The van der Waals surface area contributed by atoms with Gasteiger partial charge in [-0.3, -0.25) is 0 Å². The molecule has 0 aliphatic heterocycles. The summed E-state index contributed by atoms with van der Waals surface area (Å²) in [6.07, 6.45) is 30.0. The number of hydrogen-bond donors (Lipinski definition) is 0. The Hall–Kier alpha value is -0.780. The first-order valence-electron chi connectivity index (χ1n) is 13.1. The molecule has 0 amide bonds. The Balaban J connectivity index is -0.000000297. The van der Waals surface area contributed by atoms with Crippen molar-refractivity contribution in [1.82, 2.24) is 0 Å². The van der Waals surface area contributed by atoms with Gasteiger partial charge < -0.3 is 0 Å². The van der Waals surface area contributed by atoms with Gasteiger partial charge in [0.2, 0.25) is 0 Å². The van der Waals surface area contributed by atoms with Gasteiger partial charge in [0.05, 0.1) is 0 Å². The predicted molar refractivity (Wildman–Crippen MR) is 144 cm³/mol. The lowest BCUT2D eigenvalue weighted by atomic mass is 10.1. The fraction of sp³-hybridized carbons (Fsp3) is 0.800. The van der Waals surface area contributed by atoms with E-state index in [0.29, 0.717) is 0 Å². The highest BCUT2D eigenvalue weighted by Gasteiger charge is 1.89. The Bertz CT molecular complexity index is 310. The molecule has 0 bridgehead atoms. The topological polar surface area (TPSA) is 0 Å². The van der Waals surface area contributed by atoms with E-state index >= 15 is 0 Å². The van der Waals surface area contributed by atoms with Gasteiger partial charge >= 0.3 is 0 Å². The molecule has 3 aliphatic rings. The fourth-order valence-electron chi connectivity index (χ4n) is 2.29. The quantitative estimate of drug-likeness (QED) is 0.342. The van der Waals surface area contributed by atoms with Gasteiger partial charge in [0.15, 0.2) is 0 Å². The number of allylic oxidation sites excluding steroid dienone is 6. The third-order valence-corrected chi connectivity index (χ3v) is 3.47. The molecule has 0 saturated carbocycles. The van der Waals surface area contributed by atoms with Crippen molar-refractivity contribution in [2.24, 2.45) is 17.8 Å². The SMILES string of the molecule is C1=CCCC1.C1=CCCCC1.C1=CCCCCC1.CC(C)C.CC(C)C.CC(C)C. The van der Waals surface area contributed by atoms with Crippen LogP contribution in [0.4, 0.5) is 0 Å². The minimum Gasteiger partial charge on any atom is -0.0885 e. The summed E-state index contributed by atoms with van der Waals surface area (Å²) in [6, 6.07) is 0. The van der Waals surface area contributed by atoms with Gasteiger partial charge in [0.1, 0.15) is 0 Å². The molecule has 3 rings (SSSR count). The molecule has 180 valence electrons. The standard InChI is InChI=1S/C7H12.C6H10.C5H8.3C4H10/c1-2-4-6-7-5-3-1;1-2-4-6-5-3-1;1-2-4-5-3-1;3*1-4(2)3/h1-2H,3-7H2;1-2H,3-6H2;1-2H,3-5H2;3*4H,1-3H3. The van der Waals surface area contributed by atoms with Gasteiger partial charge in [-0.2, -0.15) is 0 Å². The van der Waals surface area contributed by atoms with Crippen LogP contribution in [0.25, 0.3) is 0 Å². The summed E-state index contributed by atoms with van der Waals surface area (Å²) >= 11 is 0. The fourth-order valence-corrected chi connectivity index (χ4v) is 2.29. The average molecular weight is 421 g/mol. The first kappa shape index (κ1) is 33.8. The van der Waals surface area contributed by atoms with Gasteiger partial charge in [0, 0.05) is 0 Å². The van der Waals surface area contributed by atoms with Crippen LogP contribution in [0, 0.1) is 17.8 Å². The van der Waals surface area contributed by atoms with Crippen molar-refractivity contribution in [3.05, 3.63) is 36.5 Å². The molecule has 0 nitrogen and oxygen atoms in total. The maximum atomic E-state index is 2.30. The average Bonchev–Trinajstić information content (AvgIpc) is 3.10. The minimum absolute atomic E-state index is 0.833. The van der Waals surface area contributed by atoms with Crippen molar-refractivity contribution in [3.8, 4) is 0 Å². The van der Waals surface area contributed by atoms with E-state index in [-0.39, 0.29) is 0 Å². The summed E-state index contributed by atoms with van der Waals surface area (Å²) in [5.41, 5.74) is 0. The van der Waals surface area contributed by atoms with Crippen molar-refractivity contribution in [3.63, 3.8) is 0 Å². The summed E-state index contributed by atoms with van der Waals surface area (Å²) in [5, 5.41) is 0. The molecule has 0 fully saturated rings. The van der Waals surface area contributed by atoms with E-state index in [2.05, 4.69) is 98.8 Å². The zero-order chi connectivity index (χ0) is 23.5. The maximum absolute atomic E-state index is 2.30. The first-order chi connectivity index (χ1) is 14.2. The summed E-state index contributed by atoms with van der Waals surface area (Å²) in [5.74, 6) is 2.50. The van der Waals surface area contributed by atoms with E-state index in [1.54, 1.807) is 0 Å². The third-order valence-electron chi connectivity index (χ3n) is 3.47. The molecule has 0 aromatic rings. The van der Waals surface area contributed by atoms with E-state index in [1.807, 2.05) is 0 Å². The number of hydrogen-bond acceptors (Lipinski definition) is 0. The second kappa shape index (κ2) is 30.4. The predicted octanol–water partition coefficient (Wildman–Crippen LogP) is 11.3. The van der Waals surface area contributed by atoms with Gasteiger partial charge in [-0.15, -0.1) is 0 Å². The van der Waals surface area contributed by atoms with Gasteiger partial charge in [0.25, 0.3) is 0 Å². The van der Waals surface area contributed by atoms with Crippen LogP contribution in [0.3, 0.4) is 0 Å². The van der Waals surface area contributed by atoms with Crippen molar-refractivity contribution in [1.29, 1.82) is 0 Å². The summed E-state index contributed by atoms with van der Waals surface area (Å²) in [7, 11) is 0. The highest BCUT2D eigenvalue weighted by atomic mass is 14.0. The molecular weight excluding hydrogens is 360 g/mol. The van der Waals surface area contributed by atoms with Crippen molar-refractivity contribution in [2.75, 3.05) is 0 Å². The first-order valence-corrected chi connectivity index (χ1v) is 13.1. The molecule has 0 unspecified atom stereocenters. The molecule has 0 heterocycles. The smallest absolute Gasteiger partial charge is 0.0348 e. The zero-order valence-corrected chi connectivity index (χ0v) is 22.7. The molecule has 0 saturated heterocycles. The van der Waals surface area contributed by atoms with Gasteiger partial charge in [-0.05, 0) is 88.4 Å². The number of rotatable bonds is 0. The lowest BCUT2D eigenvalue weighted by Crippen LogP contribution is -1.77. The van der Waals surface area contributed by atoms with Crippen molar-refractivity contribution < 1.29 is 0 Å². The molecule has 0 aromatic carbocycles. The van der Waals surface area contributed by atoms with Crippen molar-refractivity contribution in [2.45, 2.75) is 139 Å². The minimum atomic E-state index is 0.833. The Morgan fingerprint density at radius 2 is 0.467 bits per heavy atom. The molecule has 0 radical (unpaired) electrons. The van der Waals surface area contributed by atoms with Crippen LogP contribution in [0.1, 0.15) is 139 Å². The summed E-state index contributed by atoms with van der Waals surface area (Å²) in [4.78, 5) is 0. The van der Waals surface area contributed by atoms with Crippen LogP contribution in [0.15, 0.2) is 36.5 Å². The molecule has 0 atom stereocenters. The third kappa shape index (κ3) is 63.1. The maximum Gasteiger partial charge on any atom is -0.0348 e.